The van der Waals surface area contributed by atoms with E-state index in [1.165, 1.54) is 6.26 Å². The fourth-order valence-electron chi connectivity index (χ4n) is 1.72. The molecule has 2 N–H and O–H groups in total. The standard InChI is InChI=1S/C12H10O5/c13-11(14)6-9(12(15)16)7-1-2-10-8(5-7)3-4-17-10/h1-5,9H,6H2,(H,13,14)(H,15,16). The Bertz CT molecular complexity index is 569. The van der Waals surface area contributed by atoms with E-state index in [4.69, 9.17) is 14.6 Å². The van der Waals surface area contributed by atoms with Crippen LogP contribution in [0.4, 0.5) is 0 Å². The summed E-state index contributed by atoms with van der Waals surface area (Å²) in [5.41, 5.74) is 1.11. The second-order valence-corrected chi connectivity index (χ2v) is 3.71. The first kappa shape index (κ1) is 11.2. The predicted octanol–water partition coefficient (Wildman–Crippen LogP) is 2.08. The molecule has 0 aliphatic carbocycles. The first-order valence-corrected chi connectivity index (χ1v) is 4.99. The molecule has 1 heterocycles. The second-order valence-electron chi connectivity index (χ2n) is 3.71. The molecule has 0 amide bonds. The van der Waals surface area contributed by atoms with Crippen LogP contribution >= 0.6 is 0 Å². The third-order valence-corrected chi connectivity index (χ3v) is 2.56. The maximum Gasteiger partial charge on any atom is 0.311 e. The lowest BCUT2D eigenvalue weighted by Crippen LogP contribution is -2.15. The van der Waals surface area contributed by atoms with Gasteiger partial charge in [0.2, 0.25) is 0 Å². The molecule has 1 unspecified atom stereocenters. The van der Waals surface area contributed by atoms with Crippen LogP contribution < -0.4 is 0 Å². The van der Waals surface area contributed by atoms with Gasteiger partial charge < -0.3 is 14.6 Å². The first-order valence-electron chi connectivity index (χ1n) is 4.99. The Kier molecular flexibility index (Phi) is 2.82. The van der Waals surface area contributed by atoms with E-state index in [9.17, 15) is 9.59 Å². The largest absolute Gasteiger partial charge is 0.481 e. The Balaban J connectivity index is 2.40. The van der Waals surface area contributed by atoms with E-state index in [-0.39, 0.29) is 0 Å². The Morgan fingerprint density at radius 2 is 2.00 bits per heavy atom. The van der Waals surface area contributed by atoms with Crippen LogP contribution in [0, 0.1) is 0 Å². The minimum absolute atomic E-state index is 0.432. The molecule has 1 atom stereocenters. The monoisotopic (exact) mass is 234 g/mol. The Morgan fingerprint density at radius 1 is 1.24 bits per heavy atom. The fourth-order valence-corrected chi connectivity index (χ4v) is 1.72. The zero-order chi connectivity index (χ0) is 12.4. The highest BCUT2D eigenvalue weighted by Gasteiger charge is 2.23. The summed E-state index contributed by atoms with van der Waals surface area (Å²) in [4.78, 5) is 21.6. The highest BCUT2D eigenvalue weighted by atomic mass is 16.4. The molecule has 1 aromatic heterocycles. The number of furan rings is 1. The van der Waals surface area contributed by atoms with Gasteiger partial charge in [0.05, 0.1) is 18.6 Å². The first-order chi connectivity index (χ1) is 8.08. The van der Waals surface area contributed by atoms with E-state index in [0.29, 0.717) is 11.1 Å². The summed E-state index contributed by atoms with van der Waals surface area (Å²) in [6.07, 6.45) is 1.07. The van der Waals surface area contributed by atoms with E-state index in [1.54, 1.807) is 24.3 Å². The van der Waals surface area contributed by atoms with Gasteiger partial charge in [-0.1, -0.05) is 6.07 Å². The average Bonchev–Trinajstić information content (AvgIpc) is 2.72. The van der Waals surface area contributed by atoms with E-state index in [1.807, 2.05) is 0 Å². The summed E-state index contributed by atoms with van der Waals surface area (Å²) in [5, 5.41) is 18.5. The number of carbonyl (C=O) groups is 2. The maximum absolute atomic E-state index is 11.0. The van der Waals surface area contributed by atoms with Crippen LogP contribution in [0.3, 0.4) is 0 Å². The van der Waals surface area contributed by atoms with Crippen molar-refractivity contribution in [2.45, 2.75) is 12.3 Å². The average molecular weight is 234 g/mol. The molecule has 5 heteroatoms. The van der Waals surface area contributed by atoms with Gasteiger partial charge in [-0.05, 0) is 23.8 Å². The lowest BCUT2D eigenvalue weighted by atomic mass is 9.95. The number of carboxylic acids is 2. The van der Waals surface area contributed by atoms with Crippen molar-refractivity contribution in [1.82, 2.24) is 0 Å². The predicted molar refractivity (Wildman–Crippen MR) is 58.8 cm³/mol. The van der Waals surface area contributed by atoms with E-state index in [2.05, 4.69) is 0 Å². The number of hydrogen-bond donors (Lipinski definition) is 2. The number of carboxylic acid groups (broad SMARTS) is 2. The Labute approximate surface area is 96.3 Å². The highest BCUT2D eigenvalue weighted by Crippen LogP contribution is 2.25. The third kappa shape index (κ3) is 2.28. The molecule has 0 aliphatic heterocycles. The van der Waals surface area contributed by atoms with Crippen molar-refractivity contribution >= 4 is 22.9 Å². The summed E-state index contributed by atoms with van der Waals surface area (Å²) < 4.78 is 5.13. The number of aliphatic carboxylic acids is 2. The van der Waals surface area contributed by atoms with Crippen LogP contribution in [0.5, 0.6) is 0 Å². The van der Waals surface area contributed by atoms with Crippen molar-refractivity contribution in [3.05, 3.63) is 36.1 Å². The molecule has 0 saturated heterocycles. The minimum Gasteiger partial charge on any atom is -0.481 e. The summed E-state index contributed by atoms with van der Waals surface area (Å²) >= 11 is 0. The molecule has 0 saturated carbocycles. The van der Waals surface area contributed by atoms with Crippen molar-refractivity contribution in [1.29, 1.82) is 0 Å². The lowest BCUT2D eigenvalue weighted by molar-refractivity contribution is -0.145. The van der Waals surface area contributed by atoms with Crippen molar-refractivity contribution in [2.24, 2.45) is 0 Å². The van der Waals surface area contributed by atoms with Gasteiger partial charge in [0.25, 0.3) is 0 Å². The van der Waals surface area contributed by atoms with Gasteiger partial charge in [-0.2, -0.15) is 0 Å². The number of rotatable bonds is 4. The fraction of sp³-hybridized carbons (Fsp3) is 0.167. The van der Waals surface area contributed by atoms with Crippen LogP contribution in [0.25, 0.3) is 11.0 Å². The zero-order valence-corrected chi connectivity index (χ0v) is 8.79. The number of benzene rings is 1. The lowest BCUT2D eigenvalue weighted by Gasteiger charge is -2.09. The molecule has 17 heavy (non-hydrogen) atoms. The normalized spacial score (nSPS) is 12.5. The summed E-state index contributed by atoms with van der Waals surface area (Å²) in [6.45, 7) is 0. The molecule has 0 aliphatic rings. The van der Waals surface area contributed by atoms with Gasteiger partial charge in [0.15, 0.2) is 0 Å². The van der Waals surface area contributed by atoms with Crippen molar-refractivity contribution in [2.75, 3.05) is 0 Å². The molecule has 0 bridgehead atoms. The van der Waals surface area contributed by atoms with Crippen molar-refractivity contribution < 1.29 is 24.2 Å². The van der Waals surface area contributed by atoms with Crippen LogP contribution in [0.2, 0.25) is 0 Å². The summed E-state index contributed by atoms with van der Waals surface area (Å²) in [7, 11) is 0. The van der Waals surface area contributed by atoms with Gasteiger partial charge in [0, 0.05) is 5.39 Å². The minimum atomic E-state index is -1.14. The van der Waals surface area contributed by atoms with Crippen LogP contribution in [0.1, 0.15) is 17.9 Å². The molecule has 0 radical (unpaired) electrons. The van der Waals surface area contributed by atoms with Crippen LogP contribution in [0.15, 0.2) is 34.9 Å². The molecule has 5 nitrogen and oxygen atoms in total. The molecule has 0 fully saturated rings. The third-order valence-electron chi connectivity index (χ3n) is 2.56. The topological polar surface area (TPSA) is 87.7 Å². The van der Waals surface area contributed by atoms with Gasteiger partial charge in [-0.15, -0.1) is 0 Å². The number of fused-ring (bicyclic) bond motifs is 1. The maximum atomic E-state index is 11.0. The summed E-state index contributed by atoms with van der Waals surface area (Å²) in [5.74, 6) is -3.31. The molecular formula is C12H10O5. The van der Waals surface area contributed by atoms with Gasteiger partial charge in [-0.25, -0.2) is 0 Å². The second kappa shape index (κ2) is 4.29. The van der Waals surface area contributed by atoms with Gasteiger partial charge >= 0.3 is 11.9 Å². The molecule has 0 spiro atoms. The Hall–Kier alpha value is -2.30. The molecule has 88 valence electrons. The smallest absolute Gasteiger partial charge is 0.311 e. The van der Waals surface area contributed by atoms with E-state index < -0.39 is 24.3 Å². The SMILES string of the molecule is O=C(O)CC(C(=O)O)c1ccc2occc2c1. The zero-order valence-electron chi connectivity index (χ0n) is 8.79. The molecule has 1 aromatic carbocycles. The molecule has 2 aromatic rings. The summed E-state index contributed by atoms with van der Waals surface area (Å²) in [6, 6.07) is 6.56. The van der Waals surface area contributed by atoms with Gasteiger partial charge in [-0.3, -0.25) is 9.59 Å². The highest BCUT2D eigenvalue weighted by molar-refractivity contribution is 5.85. The molecular weight excluding hydrogens is 224 g/mol. The van der Waals surface area contributed by atoms with Crippen molar-refractivity contribution in [3.63, 3.8) is 0 Å². The van der Waals surface area contributed by atoms with Crippen LogP contribution in [-0.4, -0.2) is 22.2 Å². The van der Waals surface area contributed by atoms with Crippen LogP contribution in [-0.2, 0) is 9.59 Å². The molecule has 2 rings (SSSR count). The van der Waals surface area contributed by atoms with E-state index >= 15 is 0 Å². The van der Waals surface area contributed by atoms with Gasteiger partial charge in [0.1, 0.15) is 5.58 Å². The van der Waals surface area contributed by atoms with Crippen molar-refractivity contribution in [3.8, 4) is 0 Å². The quantitative estimate of drug-likeness (QED) is 0.845. The Morgan fingerprint density at radius 3 is 2.65 bits per heavy atom. The van der Waals surface area contributed by atoms with E-state index in [0.717, 1.165) is 5.39 Å². The number of hydrogen-bond acceptors (Lipinski definition) is 3.